The van der Waals surface area contributed by atoms with E-state index in [-0.39, 0.29) is 0 Å². The number of unbranched alkanes of at least 4 members (excludes halogenated alkanes) is 4. The average Bonchev–Trinajstić information content (AvgIpc) is 0.750. The fourth-order valence-electron chi connectivity index (χ4n) is 15.6. The van der Waals surface area contributed by atoms with Gasteiger partial charge >= 0.3 is 0 Å². The van der Waals surface area contributed by atoms with Gasteiger partial charge in [-0.2, -0.15) is 0 Å². The molecule has 108 heavy (non-hydrogen) atoms. The number of allylic oxidation sites excluding steroid dienone is 4. The number of benzene rings is 12. The Kier molecular flexibility index (Phi) is 25.0. The van der Waals surface area contributed by atoms with Crippen LogP contribution in [-0.4, -0.2) is 0 Å². The zero-order valence-corrected chi connectivity index (χ0v) is 65.0. The molecule has 4 nitrogen and oxygen atoms in total. The Balaban J connectivity index is 0.000000190. The molecule has 2 aliphatic carbocycles. The molecule has 2 atom stereocenters. The molecule has 4 heteroatoms. The quantitative estimate of drug-likeness (QED) is 0.0484. The highest BCUT2D eigenvalue weighted by Gasteiger charge is 2.40. The van der Waals surface area contributed by atoms with Crippen molar-refractivity contribution in [2.75, 3.05) is 19.6 Å². The number of hydrogen-bond donors (Lipinski definition) is 0. The van der Waals surface area contributed by atoms with Gasteiger partial charge in [-0.1, -0.05) is 283 Å². The fraction of sp³-hybridized carbons (Fsp3) is 0.231. The van der Waals surface area contributed by atoms with Gasteiger partial charge in [0.05, 0.1) is 11.1 Å². The van der Waals surface area contributed by atoms with E-state index in [1.165, 1.54) is 169 Å². The molecule has 0 spiro atoms. The van der Waals surface area contributed by atoms with Crippen LogP contribution in [0.1, 0.15) is 159 Å². The van der Waals surface area contributed by atoms with Gasteiger partial charge in [0.25, 0.3) is 0 Å². The minimum Gasteiger partial charge on any atom is -0.327 e. The number of rotatable bonds is 28. The molecule has 0 aromatic heterocycles. The minimum absolute atomic E-state index is 0.406. The summed E-state index contributed by atoms with van der Waals surface area (Å²) in [5.41, 5.74) is 29.0. The second-order valence-corrected chi connectivity index (χ2v) is 29.8. The Bertz CT molecular complexity index is 4950. The van der Waals surface area contributed by atoms with E-state index in [1.807, 2.05) is 0 Å². The first-order chi connectivity index (χ1) is 52.9. The summed E-state index contributed by atoms with van der Waals surface area (Å²) in [4.78, 5) is 9.84. The van der Waals surface area contributed by atoms with Gasteiger partial charge in [-0.3, -0.25) is 0 Å². The highest BCUT2D eigenvalue weighted by molar-refractivity contribution is 5.84. The maximum atomic E-state index is 2.55. The lowest BCUT2D eigenvalue weighted by molar-refractivity contribution is 0.548. The monoisotopic (exact) mass is 1410 g/mol. The summed E-state index contributed by atoms with van der Waals surface area (Å²) < 4.78 is 0. The van der Waals surface area contributed by atoms with Crippen LogP contribution >= 0.6 is 0 Å². The van der Waals surface area contributed by atoms with Gasteiger partial charge in [0, 0.05) is 56.9 Å². The standard InChI is InChI=1S/2C52H54N2/c1-5-7-16-42-22-28-47(29-23-42)53(50-20-12-14-40(3)38-50)48-32-26-44(27-33-48)45-34-36-52(37-35-45,46-18-10-9-11-19-46)54(51-21-13-15-41(4)39-51)49-30-24-43(25-31-49)17-8-6-2;1-5-7-12-42-20-30-48(31-21-42)53(47-26-16-40(3)17-27-47)49-34-24-44(25-35-49)45-36-38-52(39-37-45,46-14-10-9-11-15-46)54(50-28-18-41(4)19-29-50)51-32-22-43(23-33-51)13-8-6-2/h9-15,18-36,38-39H,5-8,16-17,37H2,1-4H3;9-11,14-38H,5-8,12-13,39H2,1-4H3. The van der Waals surface area contributed by atoms with E-state index >= 15 is 0 Å². The van der Waals surface area contributed by atoms with Crippen LogP contribution in [0.5, 0.6) is 0 Å². The number of aryl methyl sites for hydroxylation is 8. The van der Waals surface area contributed by atoms with Crippen molar-refractivity contribution in [3.8, 4) is 0 Å². The maximum Gasteiger partial charge on any atom is 0.0923 e. The summed E-state index contributed by atoms with van der Waals surface area (Å²) in [5.74, 6) is 0. The molecule has 0 saturated carbocycles. The lowest BCUT2D eigenvalue weighted by atomic mass is 9.78. The molecule has 0 N–H and O–H groups in total. The molecule has 0 bridgehead atoms. The van der Waals surface area contributed by atoms with Crippen molar-refractivity contribution in [3.05, 3.63) is 407 Å². The molecule has 2 aliphatic rings. The number of anilines is 10. The van der Waals surface area contributed by atoms with Crippen molar-refractivity contribution >= 4 is 68.0 Å². The van der Waals surface area contributed by atoms with Gasteiger partial charge in [-0.05, 0) is 280 Å². The summed E-state index contributed by atoms with van der Waals surface area (Å²) in [7, 11) is 0. The smallest absolute Gasteiger partial charge is 0.0923 e. The highest BCUT2D eigenvalue weighted by Crippen LogP contribution is 2.50. The molecule has 12 aromatic carbocycles. The Morgan fingerprint density at radius 1 is 0.259 bits per heavy atom. The molecule has 0 aliphatic heterocycles. The second-order valence-electron chi connectivity index (χ2n) is 29.8. The molecule has 2 unspecified atom stereocenters. The van der Waals surface area contributed by atoms with Crippen LogP contribution in [0.2, 0.25) is 0 Å². The van der Waals surface area contributed by atoms with E-state index in [0.29, 0.717) is 0 Å². The third-order valence-corrected chi connectivity index (χ3v) is 21.8. The first-order valence-corrected chi connectivity index (χ1v) is 39.9. The van der Waals surface area contributed by atoms with Gasteiger partial charge < -0.3 is 19.6 Å². The molecule has 0 heterocycles. The van der Waals surface area contributed by atoms with Crippen molar-refractivity contribution in [1.29, 1.82) is 0 Å². The predicted octanol–water partition coefficient (Wildman–Crippen LogP) is 29.1. The van der Waals surface area contributed by atoms with E-state index in [2.05, 4.69) is 415 Å². The Morgan fingerprint density at radius 3 is 0.870 bits per heavy atom. The van der Waals surface area contributed by atoms with Crippen molar-refractivity contribution in [2.24, 2.45) is 0 Å². The van der Waals surface area contributed by atoms with Crippen molar-refractivity contribution in [3.63, 3.8) is 0 Å². The predicted molar refractivity (Wildman–Crippen MR) is 465 cm³/mol. The van der Waals surface area contributed by atoms with Crippen LogP contribution in [0.4, 0.5) is 56.9 Å². The van der Waals surface area contributed by atoms with Crippen LogP contribution in [0.25, 0.3) is 11.1 Å². The molecule has 544 valence electrons. The van der Waals surface area contributed by atoms with E-state index in [0.717, 1.165) is 55.6 Å². The number of hydrogen-bond acceptors (Lipinski definition) is 4. The first-order valence-electron chi connectivity index (χ1n) is 39.9. The van der Waals surface area contributed by atoms with Crippen LogP contribution in [0, 0.1) is 27.7 Å². The third-order valence-electron chi connectivity index (χ3n) is 21.8. The molecule has 0 radical (unpaired) electrons. The van der Waals surface area contributed by atoms with Gasteiger partial charge in [-0.15, -0.1) is 0 Å². The minimum atomic E-state index is -0.408. The Labute approximate surface area is 646 Å². The molecular formula is C104H108N4. The van der Waals surface area contributed by atoms with Gasteiger partial charge in [0.1, 0.15) is 0 Å². The van der Waals surface area contributed by atoms with Crippen molar-refractivity contribution in [1.82, 2.24) is 0 Å². The largest absolute Gasteiger partial charge is 0.327 e. The summed E-state index contributed by atoms with van der Waals surface area (Å²) >= 11 is 0. The summed E-state index contributed by atoms with van der Waals surface area (Å²) in [6.45, 7) is 17.7. The fourth-order valence-corrected chi connectivity index (χ4v) is 15.6. The Hall–Kier alpha value is -11.2. The zero-order chi connectivity index (χ0) is 74.7. The molecule has 0 fully saturated rings. The molecule has 12 aromatic rings. The first kappa shape index (κ1) is 75.0. The molecule has 0 saturated heterocycles. The Morgan fingerprint density at radius 2 is 0.546 bits per heavy atom. The lowest BCUT2D eigenvalue weighted by Gasteiger charge is -2.45. The summed E-state index contributed by atoms with van der Waals surface area (Å²) in [6, 6.07) is 113. The summed E-state index contributed by atoms with van der Waals surface area (Å²) in [6.07, 6.45) is 30.3. The highest BCUT2D eigenvalue weighted by atomic mass is 15.2. The zero-order valence-electron chi connectivity index (χ0n) is 65.0. The molecule has 14 rings (SSSR count). The maximum absolute atomic E-state index is 2.55. The van der Waals surface area contributed by atoms with Gasteiger partial charge in [0.2, 0.25) is 0 Å². The lowest BCUT2D eigenvalue weighted by Crippen LogP contribution is -2.42. The third kappa shape index (κ3) is 17.7. The van der Waals surface area contributed by atoms with E-state index in [4.69, 9.17) is 0 Å². The number of nitrogens with zero attached hydrogens (tertiary/aromatic N) is 4. The van der Waals surface area contributed by atoms with Gasteiger partial charge in [0.15, 0.2) is 0 Å². The van der Waals surface area contributed by atoms with Gasteiger partial charge in [-0.25, -0.2) is 0 Å². The average molecular weight is 1410 g/mol. The van der Waals surface area contributed by atoms with Crippen LogP contribution in [0.3, 0.4) is 0 Å². The SMILES string of the molecule is CCCCc1ccc(N(c2ccc(C)cc2)c2ccc(C3=CCC(c4ccccc4)(N(c4ccc(C)cc4)c4ccc(CCCC)cc4)C=C3)cc2)cc1.CCCCc1ccc(N(c2ccc(C3=CCC(c4ccccc4)(N(c4ccc(CCCC)cc4)c4cccc(C)c4)C=C3)cc2)c2cccc(C)c2)cc1. The molecule has 0 amide bonds. The van der Waals surface area contributed by atoms with Crippen molar-refractivity contribution < 1.29 is 0 Å². The van der Waals surface area contributed by atoms with Crippen LogP contribution in [0.15, 0.2) is 340 Å². The van der Waals surface area contributed by atoms with Crippen molar-refractivity contribution in [2.45, 2.75) is 156 Å². The summed E-state index contributed by atoms with van der Waals surface area (Å²) in [5, 5.41) is 0. The normalized spacial score (nSPS) is 15.1. The van der Waals surface area contributed by atoms with Crippen LogP contribution < -0.4 is 19.6 Å². The van der Waals surface area contributed by atoms with Crippen LogP contribution in [-0.2, 0) is 36.8 Å². The van der Waals surface area contributed by atoms with E-state index in [1.54, 1.807) is 0 Å². The second kappa shape index (κ2) is 35.9. The molecular weight excluding hydrogens is 1310 g/mol. The topological polar surface area (TPSA) is 13.0 Å². The van der Waals surface area contributed by atoms with E-state index < -0.39 is 11.1 Å². The van der Waals surface area contributed by atoms with E-state index in [9.17, 15) is 0 Å².